The molecule has 0 radical (unpaired) electrons. The molecule has 0 aliphatic carbocycles. The van der Waals surface area contributed by atoms with Gasteiger partial charge in [0.2, 0.25) is 0 Å². The lowest BCUT2D eigenvalue weighted by Crippen LogP contribution is -2.50. The van der Waals surface area contributed by atoms with E-state index in [0.29, 0.717) is 26.2 Å². The molecule has 0 atom stereocenters. The molecule has 2 aliphatic rings. The third-order valence-corrected chi connectivity index (χ3v) is 5.63. The van der Waals surface area contributed by atoms with Crippen molar-refractivity contribution in [2.24, 2.45) is 0 Å². The second kappa shape index (κ2) is 8.42. The lowest BCUT2D eigenvalue weighted by atomic mass is 10.1. The van der Waals surface area contributed by atoms with Crippen LogP contribution in [0.4, 0.5) is 21.9 Å². The van der Waals surface area contributed by atoms with E-state index < -0.39 is 0 Å². The Morgan fingerprint density at radius 3 is 2.07 bits per heavy atom. The summed E-state index contributed by atoms with van der Waals surface area (Å²) in [5, 5.41) is 13.2. The van der Waals surface area contributed by atoms with Crippen LogP contribution < -0.4 is 15.1 Å². The summed E-state index contributed by atoms with van der Waals surface area (Å²) in [5.41, 5.74) is 2.83. The Balaban J connectivity index is 1.38. The van der Waals surface area contributed by atoms with Crippen molar-refractivity contribution in [3.8, 4) is 5.75 Å². The third-order valence-electron chi connectivity index (χ3n) is 5.63. The number of carbonyl (C=O) groups is 1. The summed E-state index contributed by atoms with van der Waals surface area (Å²) in [6.45, 7) is 4.77. The van der Waals surface area contributed by atoms with Crippen LogP contribution in [0, 0.1) is 0 Å². The summed E-state index contributed by atoms with van der Waals surface area (Å²) < 4.78 is 0. The van der Waals surface area contributed by atoms with Crippen molar-refractivity contribution in [3.63, 3.8) is 0 Å². The summed E-state index contributed by atoms with van der Waals surface area (Å²) in [6.07, 6.45) is 3.69. The van der Waals surface area contributed by atoms with Crippen LogP contribution in [0.5, 0.6) is 5.75 Å². The van der Waals surface area contributed by atoms with Crippen LogP contribution in [0.3, 0.4) is 0 Å². The lowest BCUT2D eigenvalue weighted by Gasteiger charge is -2.36. The van der Waals surface area contributed by atoms with E-state index in [-0.39, 0.29) is 11.8 Å². The highest BCUT2D eigenvalue weighted by Crippen LogP contribution is 2.29. The Labute approximate surface area is 166 Å². The van der Waals surface area contributed by atoms with Gasteiger partial charge in [0.25, 0.3) is 0 Å². The molecule has 2 N–H and O–H groups in total. The molecule has 2 aromatic carbocycles. The van der Waals surface area contributed by atoms with Gasteiger partial charge in [-0.25, -0.2) is 4.79 Å². The van der Waals surface area contributed by atoms with Gasteiger partial charge in [0, 0.05) is 39.3 Å². The predicted molar refractivity (Wildman–Crippen MR) is 113 cm³/mol. The second-order valence-electron chi connectivity index (χ2n) is 7.46. The van der Waals surface area contributed by atoms with Gasteiger partial charge in [-0.3, -0.25) is 0 Å². The lowest BCUT2D eigenvalue weighted by molar-refractivity contribution is 0.208. The van der Waals surface area contributed by atoms with Crippen LogP contribution in [0.2, 0.25) is 0 Å². The van der Waals surface area contributed by atoms with E-state index in [9.17, 15) is 9.90 Å². The van der Waals surface area contributed by atoms with Gasteiger partial charge in [-0.1, -0.05) is 24.3 Å². The number of para-hydroxylation sites is 4. The third kappa shape index (κ3) is 4.01. The van der Waals surface area contributed by atoms with Crippen molar-refractivity contribution in [2.45, 2.75) is 19.3 Å². The molecule has 0 spiro atoms. The molecule has 28 heavy (non-hydrogen) atoms. The first kappa shape index (κ1) is 18.5. The minimum Gasteiger partial charge on any atom is -0.506 e. The molecule has 2 amide bonds. The zero-order valence-electron chi connectivity index (χ0n) is 16.2. The number of hydrogen-bond acceptors (Lipinski definition) is 4. The predicted octanol–water partition coefficient (Wildman–Crippen LogP) is 3.74. The standard InChI is InChI=1S/C22H28N4O2/c27-21-11-5-4-10-20(21)25-14-16-26(17-15-25)22(28)23-18-8-2-3-9-19(18)24-12-6-1-7-13-24/h2-5,8-11,27H,1,6-7,12-17H2,(H,23,28). The maximum absolute atomic E-state index is 12.8. The van der Waals surface area contributed by atoms with Crippen LogP contribution in [-0.2, 0) is 0 Å². The van der Waals surface area contributed by atoms with Crippen LogP contribution in [0.1, 0.15) is 19.3 Å². The largest absolute Gasteiger partial charge is 0.506 e. The summed E-state index contributed by atoms with van der Waals surface area (Å²) in [4.78, 5) is 19.2. The highest BCUT2D eigenvalue weighted by atomic mass is 16.3. The molecular weight excluding hydrogens is 352 g/mol. The minimum absolute atomic E-state index is 0.0543. The van der Waals surface area contributed by atoms with Crippen molar-refractivity contribution in [2.75, 3.05) is 54.4 Å². The number of piperazine rings is 1. The Morgan fingerprint density at radius 1 is 0.750 bits per heavy atom. The maximum atomic E-state index is 12.8. The monoisotopic (exact) mass is 380 g/mol. The van der Waals surface area contributed by atoms with Gasteiger partial charge >= 0.3 is 6.03 Å². The molecule has 0 saturated carbocycles. The number of piperidine rings is 1. The van der Waals surface area contributed by atoms with Gasteiger partial charge in [0.1, 0.15) is 5.75 Å². The van der Waals surface area contributed by atoms with Gasteiger partial charge in [0.05, 0.1) is 17.1 Å². The molecule has 2 aromatic rings. The van der Waals surface area contributed by atoms with Crippen LogP contribution in [-0.4, -0.2) is 55.3 Å². The summed E-state index contributed by atoms with van der Waals surface area (Å²) in [7, 11) is 0. The first-order chi connectivity index (χ1) is 13.7. The number of rotatable bonds is 3. The van der Waals surface area contributed by atoms with E-state index in [1.165, 1.54) is 19.3 Å². The SMILES string of the molecule is O=C(Nc1ccccc1N1CCCCC1)N1CCN(c2ccccc2O)CC1. The van der Waals surface area contributed by atoms with Crippen LogP contribution >= 0.6 is 0 Å². The fourth-order valence-corrected chi connectivity index (χ4v) is 4.07. The molecule has 2 fully saturated rings. The van der Waals surface area contributed by atoms with E-state index in [2.05, 4.69) is 21.2 Å². The van der Waals surface area contributed by atoms with E-state index >= 15 is 0 Å². The zero-order chi connectivity index (χ0) is 19.3. The summed E-state index contributed by atoms with van der Waals surface area (Å²) in [6, 6.07) is 15.4. The van der Waals surface area contributed by atoms with Crippen molar-refractivity contribution < 1.29 is 9.90 Å². The zero-order valence-corrected chi connectivity index (χ0v) is 16.2. The average molecular weight is 380 g/mol. The first-order valence-electron chi connectivity index (χ1n) is 10.2. The van der Waals surface area contributed by atoms with Crippen molar-refractivity contribution in [3.05, 3.63) is 48.5 Å². The molecule has 0 aromatic heterocycles. The van der Waals surface area contributed by atoms with Gasteiger partial charge < -0.3 is 25.1 Å². The topological polar surface area (TPSA) is 59.1 Å². The fourth-order valence-electron chi connectivity index (χ4n) is 4.07. The number of anilines is 3. The second-order valence-corrected chi connectivity index (χ2v) is 7.46. The number of phenols is 1. The summed E-state index contributed by atoms with van der Waals surface area (Å²) >= 11 is 0. The number of nitrogens with one attached hydrogen (secondary N) is 1. The number of nitrogens with zero attached hydrogens (tertiary/aromatic N) is 3. The van der Waals surface area contributed by atoms with E-state index in [4.69, 9.17) is 0 Å². The average Bonchev–Trinajstić information content (AvgIpc) is 2.75. The fraction of sp³-hybridized carbons (Fsp3) is 0.409. The van der Waals surface area contributed by atoms with E-state index in [0.717, 1.165) is 30.2 Å². The number of amides is 2. The van der Waals surface area contributed by atoms with Crippen molar-refractivity contribution in [1.82, 2.24) is 4.90 Å². The molecular formula is C22H28N4O2. The van der Waals surface area contributed by atoms with Crippen LogP contribution in [0.25, 0.3) is 0 Å². The van der Waals surface area contributed by atoms with Gasteiger partial charge in [0.15, 0.2) is 0 Å². The first-order valence-corrected chi connectivity index (χ1v) is 10.2. The van der Waals surface area contributed by atoms with E-state index in [1.54, 1.807) is 6.07 Å². The molecule has 6 heteroatoms. The molecule has 0 bridgehead atoms. The highest BCUT2D eigenvalue weighted by molar-refractivity contribution is 5.93. The van der Waals surface area contributed by atoms with E-state index in [1.807, 2.05) is 41.3 Å². The van der Waals surface area contributed by atoms with Gasteiger partial charge in [-0.2, -0.15) is 0 Å². The number of benzene rings is 2. The number of phenolic OH excluding ortho intramolecular Hbond substituents is 1. The number of hydrogen-bond donors (Lipinski definition) is 2. The number of aromatic hydroxyl groups is 1. The van der Waals surface area contributed by atoms with Crippen molar-refractivity contribution in [1.29, 1.82) is 0 Å². The molecule has 148 valence electrons. The number of carbonyl (C=O) groups excluding carboxylic acids is 1. The Kier molecular flexibility index (Phi) is 5.55. The van der Waals surface area contributed by atoms with Crippen molar-refractivity contribution >= 4 is 23.1 Å². The Hall–Kier alpha value is -2.89. The Morgan fingerprint density at radius 2 is 1.36 bits per heavy atom. The molecule has 0 unspecified atom stereocenters. The van der Waals surface area contributed by atoms with Crippen LogP contribution in [0.15, 0.2) is 48.5 Å². The molecule has 6 nitrogen and oxygen atoms in total. The highest BCUT2D eigenvalue weighted by Gasteiger charge is 2.23. The molecule has 2 heterocycles. The molecule has 2 aliphatic heterocycles. The normalized spacial score (nSPS) is 17.5. The number of urea groups is 1. The molecule has 2 saturated heterocycles. The summed E-state index contributed by atoms with van der Waals surface area (Å²) in [5.74, 6) is 0.288. The Bertz CT molecular complexity index is 812. The molecule has 4 rings (SSSR count). The quantitative estimate of drug-likeness (QED) is 0.852. The smallest absolute Gasteiger partial charge is 0.322 e. The maximum Gasteiger partial charge on any atom is 0.322 e. The minimum atomic E-state index is -0.0543. The van der Waals surface area contributed by atoms with Gasteiger partial charge in [-0.05, 0) is 43.5 Å². The van der Waals surface area contributed by atoms with Gasteiger partial charge in [-0.15, -0.1) is 0 Å².